The summed E-state index contributed by atoms with van der Waals surface area (Å²) in [6, 6.07) is 6.99. The topological polar surface area (TPSA) is 24.9 Å². The highest BCUT2D eigenvalue weighted by atomic mass is 16.5. The number of ether oxygens (including phenoxy) is 2. The van der Waals surface area contributed by atoms with E-state index in [1.54, 1.807) is 14.2 Å². The molecule has 4 nitrogen and oxygen atoms in total. The summed E-state index contributed by atoms with van der Waals surface area (Å²) in [5.41, 5.74) is 1.22. The molecule has 0 radical (unpaired) electrons. The zero-order valence-corrected chi connectivity index (χ0v) is 15.5. The zero-order valence-electron chi connectivity index (χ0n) is 15.5. The number of nitrogens with zero attached hydrogens (tertiary/aromatic N) is 2. The molecule has 2 atom stereocenters. The highest BCUT2D eigenvalue weighted by Gasteiger charge is 2.27. The summed E-state index contributed by atoms with van der Waals surface area (Å²) < 4.78 is 11.0. The van der Waals surface area contributed by atoms with Crippen LogP contribution in [0.4, 0.5) is 0 Å². The van der Waals surface area contributed by atoms with E-state index >= 15 is 0 Å². The third-order valence-corrected chi connectivity index (χ3v) is 5.71. The van der Waals surface area contributed by atoms with Gasteiger partial charge in [-0.2, -0.15) is 0 Å². The third-order valence-electron chi connectivity index (χ3n) is 5.71. The van der Waals surface area contributed by atoms with Crippen molar-refractivity contribution in [1.82, 2.24) is 9.80 Å². The average molecular weight is 332 g/mol. The summed E-state index contributed by atoms with van der Waals surface area (Å²) in [7, 11) is 3.43. The molecule has 0 spiro atoms. The molecule has 1 aromatic carbocycles. The molecule has 0 amide bonds. The Morgan fingerprint density at radius 3 is 2.50 bits per heavy atom. The van der Waals surface area contributed by atoms with Crippen molar-refractivity contribution in [3.63, 3.8) is 0 Å². The Kier molecular flexibility index (Phi) is 6.01. The van der Waals surface area contributed by atoms with Gasteiger partial charge in [-0.05, 0) is 24.8 Å². The molecule has 3 rings (SSSR count). The van der Waals surface area contributed by atoms with Gasteiger partial charge in [0.05, 0.1) is 14.2 Å². The predicted octanol–water partition coefficient (Wildman–Crippen LogP) is 3.40. The van der Waals surface area contributed by atoms with Crippen molar-refractivity contribution in [3.8, 4) is 11.5 Å². The van der Waals surface area contributed by atoms with Crippen molar-refractivity contribution >= 4 is 0 Å². The third kappa shape index (κ3) is 4.04. The van der Waals surface area contributed by atoms with Gasteiger partial charge in [0, 0.05) is 44.3 Å². The molecular weight excluding hydrogens is 300 g/mol. The Morgan fingerprint density at radius 1 is 1.04 bits per heavy atom. The maximum Gasteiger partial charge on any atom is 0.165 e. The van der Waals surface area contributed by atoms with Gasteiger partial charge in [-0.15, -0.1) is 0 Å². The van der Waals surface area contributed by atoms with E-state index in [1.165, 1.54) is 44.3 Å². The van der Waals surface area contributed by atoms with Crippen molar-refractivity contribution in [3.05, 3.63) is 23.8 Å². The first kappa shape index (κ1) is 17.6. The molecule has 4 heteroatoms. The summed E-state index contributed by atoms with van der Waals surface area (Å²) in [4.78, 5) is 5.27. The van der Waals surface area contributed by atoms with Crippen LogP contribution in [-0.4, -0.2) is 56.2 Å². The van der Waals surface area contributed by atoms with Crippen molar-refractivity contribution < 1.29 is 9.47 Å². The molecule has 2 fully saturated rings. The molecule has 134 valence electrons. The fourth-order valence-electron chi connectivity index (χ4n) is 4.34. The fraction of sp³-hybridized carbons (Fsp3) is 0.700. The van der Waals surface area contributed by atoms with Crippen molar-refractivity contribution in [1.29, 1.82) is 0 Å². The fourth-order valence-corrected chi connectivity index (χ4v) is 4.34. The van der Waals surface area contributed by atoms with Crippen LogP contribution in [0.1, 0.15) is 38.2 Å². The number of para-hydroxylation sites is 1. The Balaban J connectivity index is 1.56. The molecule has 1 aromatic rings. The first-order valence-corrected chi connectivity index (χ1v) is 9.37. The largest absolute Gasteiger partial charge is 0.493 e. The molecule has 0 bridgehead atoms. The van der Waals surface area contributed by atoms with Crippen LogP contribution in [0.15, 0.2) is 18.2 Å². The molecule has 1 heterocycles. The minimum absolute atomic E-state index is 0.822. The second kappa shape index (κ2) is 8.21. The van der Waals surface area contributed by atoms with E-state index in [0.717, 1.165) is 43.1 Å². The highest BCUT2D eigenvalue weighted by molar-refractivity contribution is 5.46. The predicted molar refractivity (Wildman–Crippen MR) is 97.8 cm³/mol. The van der Waals surface area contributed by atoms with Gasteiger partial charge in [-0.1, -0.05) is 31.9 Å². The van der Waals surface area contributed by atoms with Crippen LogP contribution in [0.5, 0.6) is 11.5 Å². The number of piperazine rings is 1. The molecule has 1 saturated heterocycles. The van der Waals surface area contributed by atoms with Gasteiger partial charge in [-0.3, -0.25) is 9.80 Å². The first-order chi connectivity index (χ1) is 11.7. The van der Waals surface area contributed by atoms with Gasteiger partial charge < -0.3 is 9.47 Å². The van der Waals surface area contributed by atoms with Gasteiger partial charge >= 0.3 is 0 Å². The second-order valence-corrected chi connectivity index (χ2v) is 7.39. The van der Waals surface area contributed by atoms with E-state index in [0.29, 0.717) is 0 Å². The van der Waals surface area contributed by atoms with Gasteiger partial charge in [-0.25, -0.2) is 0 Å². The van der Waals surface area contributed by atoms with Crippen LogP contribution in [0.25, 0.3) is 0 Å². The van der Waals surface area contributed by atoms with Crippen molar-refractivity contribution in [2.75, 3.05) is 40.4 Å². The lowest BCUT2D eigenvalue weighted by atomic mass is 9.86. The number of benzene rings is 1. The highest BCUT2D eigenvalue weighted by Crippen LogP contribution is 2.32. The maximum atomic E-state index is 5.57. The van der Waals surface area contributed by atoms with E-state index in [-0.39, 0.29) is 0 Å². The summed E-state index contributed by atoms with van der Waals surface area (Å²) >= 11 is 0. The summed E-state index contributed by atoms with van der Waals surface area (Å²) in [5, 5.41) is 0. The number of hydrogen-bond donors (Lipinski definition) is 0. The lowest BCUT2D eigenvalue weighted by Gasteiger charge is -2.42. The van der Waals surface area contributed by atoms with E-state index in [1.807, 2.05) is 6.07 Å². The molecule has 0 aromatic heterocycles. The standard InChI is InChI=1S/C20H32N2O2/c1-16-6-4-8-18(14-16)22-12-10-21(11-13-22)15-17-7-5-9-19(23-2)20(17)24-3/h5,7,9,16,18H,4,6,8,10-15H2,1-3H3/t16-,18-/m0/s1. The van der Waals surface area contributed by atoms with E-state index in [9.17, 15) is 0 Å². The average Bonchev–Trinajstić information content (AvgIpc) is 2.62. The molecule has 2 aliphatic rings. The van der Waals surface area contributed by atoms with E-state index in [2.05, 4.69) is 28.9 Å². The minimum Gasteiger partial charge on any atom is -0.493 e. The van der Waals surface area contributed by atoms with Gasteiger partial charge in [0.25, 0.3) is 0 Å². The Bertz CT molecular complexity index is 526. The molecule has 1 saturated carbocycles. The van der Waals surface area contributed by atoms with Crippen LogP contribution < -0.4 is 9.47 Å². The normalized spacial score (nSPS) is 26.3. The Labute approximate surface area is 146 Å². The summed E-state index contributed by atoms with van der Waals surface area (Å²) in [5.74, 6) is 2.61. The molecule has 0 N–H and O–H groups in total. The maximum absolute atomic E-state index is 5.57. The monoisotopic (exact) mass is 332 g/mol. The molecule has 1 aliphatic heterocycles. The van der Waals surface area contributed by atoms with E-state index in [4.69, 9.17) is 9.47 Å². The van der Waals surface area contributed by atoms with Gasteiger partial charge in [0.15, 0.2) is 11.5 Å². The summed E-state index contributed by atoms with van der Waals surface area (Å²) in [6.07, 6.45) is 5.62. The van der Waals surface area contributed by atoms with Crippen LogP contribution in [0.3, 0.4) is 0 Å². The smallest absolute Gasteiger partial charge is 0.165 e. The van der Waals surface area contributed by atoms with Gasteiger partial charge in [0.2, 0.25) is 0 Å². The molecular formula is C20H32N2O2. The molecule has 24 heavy (non-hydrogen) atoms. The van der Waals surface area contributed by atoms with E-state index < -0.39 is 0 Å². The lowest BCUT2D eigenvalue weighted by molar-refractivity contribution is 0.0655. The van der Waals surface area contributed by atoms with Crippen molar-refractivity contribution in [2.45, 2.75) is 45.2 Å². The lowest BCUT2D eigenvalue weighted by Crippen LogP contribution is -2.50. The minimum atomic E-state index is 0.822. The first-order valence-electron chi connectivity index (χ1n) is 9.37. The zero-order chi connectivity index (χ0) is 16.9. The summed E-state index contributed by atoms with van der Waals surface area (Å²) in [6.45, 7) is 8.04. The Hall–Kier alpha value is -1.26. The quantitative estimate of drug-likeness (QED) is 0.825. The number of methoxy groups -OCH3 is 2. The number of hydrogen-bond acceptors (Lipinski definition) is 4. The van der Waals surface area contributed by atoms with Crippen LogP contribution in [0.2, 0.25) is 0 Å². The van der Waals surface area contributed by atoms with Crippen LogP contribution in [0, 0.1) is 5.92 Å². The SMILES string of the molecule is COc1cccc(CN2CCN([C@H]3CCC[C@H](C)C3)CC2)c1OC. The van der Waals surface area contributed by atoms with Crippen LogP contribution in [-0.2, 0) is 6.54 Å². The van der Waals surface area contributed by atoms with Gasteiger partial charge in [0.1, 0.15) is 0 Å². The van der Waals surface area contributed by atoms with Crippen molar-refractivity contribution in [2.24, 2.45) is 5.92 Å². The number of rotatable bonds is 5. The second-order valence-electron chi connectivity index (χ2n) is 7.39. The van der Waals surface area contributed by atoms with Crippen LogP contribution >= 0.6 is 0 Å². The molecule has 1 aliphatic carbocycles. The molecule has 0 unspecified atom stereocenters. The Morgan fingerprint density at radius 2 is 1.83 bits per heavy atom.